The maximum atomic E-state index is 13.5. The van der Waals surface area contributed by atoms with Crippen molar-refractivity contribution in [2.45, 2.75) is 6.54 Å². The lowest BCUT2D eigenvalue weighted by molar-refractivity contribution is 0.112. The largest absolute Gasteiger partial charge is 0.369 e. The highest BCUT2D eigenvalue weighted by Gasteiger charge is 2.07. The number of halogens is 1. The smallest absolute Gasteiger partial charge is 0.160 e. The van der Waals surface area contributed by atoms with Crippen LogP contribution in [0.3, 0.4) is 0 Å². The van der Waals surface area contributed by atoms with Gasteiger partial charge in [0.1, 0.15) is 5.82 Å². The molecule has 0 atom stereocenters. The Kier molecular flexibility index (Phi) is 3.54. The average molecular weight is 249 g/mol. The molecule has 2 rings (SSSR count). The second-order valence-corrected chi connectivity index (χ2v) is 4.72. The first kappa shape index (κ1) is 11.8. The molecule has 0 spiro atoms. The van der Waals surface area contributed by atoms with Crippen LogP contribution in [0.5, 0.6) is 0 Å². The maximum Gasteiger partial charge on any atom is 0.160 e. The van der Waals surface area contributed by atoms with Gasteiger partial charge in [0, 0.05) is 30.2 Å². The van der Waals surface area contributed by atoms with Crippen molar-refractivity contribution in [3.63, 3.8) is 0 Å². The number of hydrogen-bond acceptors (Lipinski definition) is 3. The summed E-state index contributed by atoms with van der Waals surface area (Å²) in [5.41, 5.74) is 1.58. The lowest BCUT2D eigenvalue weighted by atomic mass is 10.2. The van der Waals surface area contributed by atoms with Gasteiger partial charge in [-0.2, -0.15) is 0 Å². The third kappa shape index (κ3) is 2.71. The lowest BCUT2D eigenvalue weighted by Crippen LogP contribution is -2.16. The van der Waals surface area contributed by atoms with Gasteiger partial charge in [-0.1, -0.05) is 18.2 Å². The number of aldehydes is 1. The molecule has 0 aliphatic carbocycles. The molecule has 0 bridgehead atoms. The van der Waals surface area contributed by atoms with Gasteiger partial charge < -0.3 is 4.90 Å². The number of hydrogen-bond donors (Lipinski definition) is 0. The monoisotopic (exact) mass is 249 g/mol. The highest BCUT2D eigenvalue weighted by molar-refractivity contribution is 7.12. The molecule has 2 aromatic rings. The van der Waals surface area contributed by atoms with Gasteiger partial charge in [0.15, 0.2) is 6.29 Å². The van der Waals surface area contributed by atoms with Gasteiger partial charge in [-0.25, -0.2) is 4.39 Å². The molecule has 17 heavy (non-hydrogen) atoms. The van der Waals surface area contributed by atoms with Crippen molar-refractivity contribution < 1.29 is 9.18 Å². The van der Waals surface area contributed by atoms with Crippen molar-refractivity contribution in [1.29, 1.82) is 0 Å². The Hall–Kier alpha value is -1.68. The zero-order valence-electron chi connectivity index (χ0n) is 9.39. The number of carbonyl (C=O) groups is 1. The van der Waals surface area contributed by atoms with Gasteiger partial charge in [0.25, 0.3) is 0 Å². The van der Waals surface area contributed by atoms with Gasteiger partial charge in [-0.05, 0) is 12.1 Å². The van der Waals surface area contributed by atoms with E-state index >= 15 is 0 Å². The Balaban J connectivity index is 2.14. The topological polar surface area (TPSA) is 20.3 Å². The van der Waals surface area contributed by atoms with Gasteiger partial charge in [-0.3, -0.25) is 4.79 Å². The van der Waals surface area contributed by atoms with Gasteiger partial charge >= 0.3 is 0 Å². The first-order valence-corrected chi connectivity index (χ1v) is 6.07. The van der Waals surface area contributed by atoms with Gasteiger partial charge in [-0.15, -0.1) is 11.3 Å². The van der Waals surface area contributed by atoms with E-state index in [4.69, 9.17) is 0 Å². The summed E-state index contributed by atoms with van der Waals surface area (Å²) in [7, 11) is 1.88. The zero-order chi connectivity index (χ0) is 12.3. The second kappa shape index (κ2) is 5.10. The second-order valence-electron chi connectivity index (χ2n) is 3.77. The molecule has 0 aliphatic heterocycles. The van der Waals surface area contributed by atoms with Crippen LogP contribution >= 0.6 is 11.3 Å². The van der Waals surface area contributed by atoms with Crippen LogP contribution in [0.1, 0.15) is 15.2 Å². The Labute approximate surface area is 103 Å². The minimum Gasteiger partial charge on any atom is -0.369 e. The van der Waals surface area contributed by atoms with Crippen molar-refractivity contribution >= 4 is 23.3 Å². The molecular formula is C13H12FNOS. The van der Waals surface area contributed by atoms with E-state index in [2.05, 4.69) is 0 Å². The molecule has 4 heteroatoms. The number of nitrogens with zero attached hydrogens (tertiary/aromatic N) is 1. The summed E-state index contributed by atoms with van der Waals surface area (Å²) in [6.45, 7) is 0.488. The molecule has 88 valence electrons. The SMILES string of the molecule is CN(Cc1ccccc1F)c1csc(C=O)c1. The van der Waals surface area contributed by atoms with Crippen LogP contribution < -0.4 is 4.90 Å². The molecule has 0 saturated heterocycles. The van der Waals surface area contributed by atoms with E-state index in [9.17, 15) is 9.18 Å². The van der Waals surface area contributed by atoms with E-state index < -0.39 is 0 Å². The molecule has 1 aromatic carbocycles. The lowest BCUT2D eigenvalue weighted by Gasteiger charge is -2.17. The Morgan fingerprint density at radius 2 is 2.18 bits per heavy atom. The molecule has 0 aliphatic rings. The molecule has 0 radical (unpaired) electrons. The fourth-order valence-electron chi connectivity index (χ4n) is 1.58. The van der Waals surface area contributed by atoms with Crippen LogP contribution in [0.4, 0.5) is 10.1 Å². The molecule has 0 unspecified atom stereocenters. The number of rotatable bonds is 4. The zero-order valence-corrected chi connectivity index (χ0v) is 10.2. The first-order chi connectivity index (χ1) is 8.20. The van der Waals surface area contributed by atoms with Crippen molar-refractivity contribution in [2.24, 2.45) is 0 Å². The van der Waals surface area contributed by atoms with Crippen LogP contribution in [-0.2, 0) is 6.54 Å². The number of benzene rings is 1. The predicted molar refractivity (Wildman–Crippen MR) is 68.2 cm³/mol. The summed E-state index contributed by atoms with van der Waals surface area (Å²) in [6, 6.07) is 8.51. The summed E-state index contributed by atoms with van der Waals surface area (Å²) in [5.74, 6) is -0.204. The van der Waals surface area contributed by atoms with E-state index in [1.54, 1.807) is 18.2 Å². The standard InChI is InChI=1S/C13H12FNOS/c1-15(11-6-12(8-16)17-9-11)7-10-4-2-3-5-13(10)14/h2-6,8-9H,7H2,1H3. The number of anilines is 1. The van der Waals surface area contributed by atoms with Crippen LogP contribution in [0.2, 0.25) is 0 Å². The molecule has 0 amide bonds. The van der Waals surface area contributed by atoms with Crippen molar-refractivity contribution in [3.8, 4) is 0 Å². The summed E-state index contributed by atoms with van der Waals surface area (Å²) < 4.78 is 13.5. The van der Waals surface area contributed by atoms with Gasteiger partial charge in [0.05, 0.1) is 4.88 Å². The van der Waals surface area contributed by atoms with E-state index in [-0.39, 0.29) is 5.82 Å². The van der Waals surface area contributed by atoms with Crippen LogP contribution in [-0.4, -0.2) is 13.3 Å². The Morgan fingerprint density at radius 1 is 1.41 bits per heavy atom. The first-order valence-electron chi connectivity index (χ1n) is 5.19. The normalized spacial score (nSPS) is 10.2. The van der Waals surface area contributed by atoms with Crippen LogP contribution in [0.15, 0.2) is 35.7 Å². The third-order valence-corrected chi connectivity index (χ3v) is 3.37. The molecule has 0 saturated carbocycles. The molecule has 0 fully saturated rings. The number of carbonyl (C=O) groups excluding carboxylic acids is 1. The quantitative estimate of drug-likeness (QED) is 0.775. The molecule has 2 nitrogen and oxygen atoms in total. The van der Waals surface area contributed by atoms with Gasteiger partial charge in [0.2, 0.25) is 0 Å². The fraction of sp³-hybridized carbons (Fsp3) is 0.154. The summed E-state index contributed by atoms with van der Waals surface area (Å²) >= 11 is 1.39. The summed E-state index contributed by atoms with van der Waals surface area (Å²) in [4.78, 5) is 13.2. The Morgan fingerprint density at radius 3 is 2.82 bits per heavy atom. The molecule has 1 aromatic heterocycles. The minimum absolute atomic E-state index is 0.204. The van der Waals surface area contributed by atoms with Crippen LogP contribution in [0.25, 0.3) is 0 Å². The van der Waals surface area contributed by atoms with E-state index in [0.29, 0.717) is 17.0 Å². The van der Waals surface area contributed by atoms with E-state index in [0.717, 1.165) is 12.0 Å². The molecule has 1 heterocycles. The predicted octanol–water partition coefficient (Wildman–Crippen LogP) is 3.34. The maximum absolute atomic E-state index is 13.5. The molecule has 0 N–H and O–H groups in total. The molecular weight excluding hydrogens is 237 g/mol. The summed E-state index contributed by atoms with van der Waals surface area (Å²) in [5, 5.41) is 1.89. The Bertz CT molecular complexity index is 524. The van der Waals surface area contributed by atoms with Crippen LogP contribution in [0, 0.1) is 5.82 Å². The highest BCUT2D eigenvalue weighted by atomic mass is 32.1. The fourth-order valence-corrected chi connectivity index (χ4v) is 2.33. The highest BCUT2D eigenvalue weighted by Crippen LogP contribution is 2.22. The van der Waals surface area contributed by atoms with Crippen molar-refractivity contribution in [3.05, 3.63) is 52.0 Å². The van der Waals surface area contributed by atoms with Crippen molar-refractivity contribution in [1.82, 2.24) is 0 Å². The van der Waals surface area contributed by atoms with E-state index in [1.165, 1.54) is 17.4 Å². The third-order valence-electron chi connectivity index (χ3n) is 2.53. The number of thiophene rings is 1. The summed E-state index contributed by atoms with van der Waals surface area (Å²) in [6.07, 6.45) is 0.825. The van der Waals surface area contributed by atoms with Crippen molar-refractivity contribution in [2.75, 3.05) is 11.9 Å². The minimum atomic E-state index is -0.204. The average Bonchev–Trinajstić information content (AvgIpc) is 2.81. The van der Waals surface area contributed by atoms with E-state index in [1.807, 2.05) is 23.4 Å².